The van der Waals surface area contributed by atoms with Gasteiger partial charge in [0.2, 0.25) is 0 Å². The summed E-state index contributed by atoms with van der Waals surface area (Å²) in [5, 5.41) is 5.77. The maximum Gasteiger partial charge on any atom is 0.258 e. The van der Waals surface area contributed by atoms with E-state index >= 15 is 0 Å². The number of para-hydroxylation sites is 2. The summed E-state index contributed by atoms with van der Waals surface area (Å²) in [5.74, 6) is 1.57. The van der Waals surface area contributed by atoms with Crippen LogP contribution in [0.25, 0.3) is 10.8 Å². The molecule has 0 radical (unpaired) electrons. The fraction of sp³-hybridized carbons (Fsp3) is 0.207. The molecule has 0 aromatic heterocycles. The SMILES string of the molecule is CC(C)N1C(=O)c2ccccc2NC1c1c(OCCOc2ccccc2)ccc2ccccc12. The van der Waals surface area contributed by atoms with Crippen molar-refractivity contribution in [1.29, 1.82) is 0 Å². The van der Waals surface area contributed by atoms with Crippen LogP contribution >= 0.6 is 0 Å². The minimum absolute atomic E-state index is 0.00779. The highest BCUT2D eigenvalue weighted by molar-refractivity contribution is 6.02. The molecule has 0 saturated carbocycles. The molecular formula is C29H28N2O3. The lowest BCUT2D eigenvalue weighted by atomic mass is 9.96. The Hall–Kier alpha value is -3.99. The van der Waals surface area contributed by atoms with E-state index in [0.717, 1.165) is 33.5 Å². The molecule has 5 rings (SSSR count). The number of ether oxygens (including phenoxy) is 2. The number of carbonyl (C=O) groups is 1. The second kappa shape index (κ2) is 9.48. The number of hydrogen-bond acceptors (Lipinski definition) is 4. The van der Waals surface area contributed by atoms with Crippen LogP contribution in [-0.2, 0) is 0 Å². The predicted octanol–water partition coefficient (Wildman–Crippen LogP) is 6.27. The van der Waals surface area contributed by atoms with E-state index in [2.05, 4.69) is 23.5 Å². The van der Waals surface area contributed by atoms with Crippen LogP contribution in [0.3, 0.4) is 0 Å². The topological polar surface area (TPSA) is 50.8 Å². The molecule has 5 nitrogen and oxygen atoms in total. The fourth-order valence-corrected chi connectivity index (χ4v) is 4.52. The summed E-state index contributed by atoms with van der Waals surface area (Å²) in [4.78, 5) is 15.4. The van der Waals surface area contributed by atoms with E-state index in [1.54, 1.807) is 0 Å². The summed E-state index contributed by atoms with van der Waals surface area (Å²) in [6.45, 7) is 4.89. The second-order valence-electron chi connectivity index (χ2n) is 8.61. The summed E-state index contributed by atoms with van der Waals surface area (Å²) in [6.07, 6.45) is -0.362. The first-order valence-corrected chi connectivity index (χ1v) is 11.6. The smallest absolute Gasteiger partial charge is 0.258 e. The monoisotopic (exact) mass is 452 g/mol. The number of anilines is 1. The Kier molecular flexibility index (Phi) is 6.09. The summed E-state index contributed by atoms with van der Waals surface area (Å²) >= 11 is 0. The first-order chi connectivity index (χ1) is 16.6. The van der Waals surface area contributed by atoms with E-state index in [9.17, 15) is 4.79 Å². The van der Waals surface area contributed by atoms with E-state index in [1.165, 1.54) is 0 Å². The molecule has 0 bridgehead atoms. The average Bonchev–Trinajstić information content (AvgIpc) is 2.86. The van der Waals surface area contributed by atoms with E-state index in [1.807, 2.05) is 91.5 Å². The van der Waals surface area contributed by atoms with Crippen LogP contribution in [0.4, 0.5) is 5.69 Å². The Bertz CT molecular complexity index is 1300. The Morgan fingerprint density at radius 3 is 2.35 bits per heavy atom. The Morgan fingerprint density at radius 2 is 1.53 bits per heavy atom. The van der Waals surface area contributed by atoms with Crippen LogP contribution in [0, 0.1) is 0 Å². The lowest BCUT2D eigenvalue weighted by molar-refractivity contribution is 0.0615. The molecule has 0 fully saturated rings. The van der Waals surface area contributed by atoms with Crippen molar-refractivity contribution in [1.82, 2.24) is 4.90 Å². The van der Waals surface area contributed by atoms with Crippen molar-refractivity contribution in [3.8, 4) is 11.5 Å². The van der Waals surface area contributed by atoms with Gasteiger partial charge in [0.05, 0.1) is 5.56 Å². The third-order valence-corrected chi connectivity index (χ3v) is 6.08. The van der Waals surface area contributed by atoms with E-state index < -0.39 is 0 Å². The van der Waals surface area contributed by atoms with Crippen LogP contribution in [0.1, 0.15) is 35.9 Å². The lowest BCUT2D eigenvalue weighted by Gasteiger charge is -2.41. The molecule has 1 N–H and O–H groups in total. The van der Waals surface area contributed by atoms with Gasteiger partial charge < -0.3 is 19.7 Å². The summed E-state index contributed by atoms with van der Waals surface area (Å²) in [7, 11) is 0. The highest BCUT2D eigenvalue weighted by Gasteiger charge is 2.36. The number of amides is 1. The fourth-order valence-electron chi connectivity index (χ4n) is 4.52. The Labute approximate surface area is 199 Å². The maximum atomic E-state index is 13.5. The van der Waals surface area contributed by atoms with Crippen molar-refractivity contribution < 1.29 is 14.3 Å². The highest BCUT2D eigenvalue weighted by Crippen LogP contribution is 2.41. The van der Waals surface area contributed by atoms with Crippen LogP contribution in [0.2, 0.25) is 0 Å². The molecular weight excluding hydrogens is 424 g/mol. The Balaban J connectivity index is 1.51. The molecule has 1 aliphatic rings. The highest BCUT2D eigenvalue weighted by atomic mass is 16.5. The molecule has 1 atom stereocenters. The van der Waals surface area contributed by atoms with Crippen molar-refractivity contribution in [3.05, 3.63) is 102 Å². The van der Waals surface area contributed by atoms with Gasteiger partial charge in [0.15, 0.2) is 0 Å². The van der Waals surface area contributed by atoms with E-state index in [0.29, 0.717) is 18.8 Å². The number of benzene rings is 4. The largest absolute Gasteiger partial charge is 0.490 e. The van der Waals surface area contributed by atoms with Gasteiger partial charge in [-0.2, -0.15) is 0 Å². The number of carbonyl (C=O) groups excluding carboxylic acids is 1. The van der Waals surface area contributed by atoms with Crippen LogP contribution in [-0.4, -0.2) is 30.1 Å². The minimum atomic E-state index is -0.362. The summed E-state index contributed by atoms with van der Waals surface area (Å²) in [5.41, 5.74) is 2.47. The van der Waals surface area contributed by atoms with Gasteiger partial charge in [-0.25, -0.2) is 0 Å². The second-order valence-corrected chi connectivity index (χ2v) is 8.61. The molecule has 4 aromatic carbocycles. The minimum Gasteiger partial charge on any atom is -0.490 e. The lowest BCUT2D eigenvalue weighted by Crippen LogP contribution is -2.46. The number of nitrogens with one attached hydrogen (secondary N) is 1. The molecule has 172 valence electrons. The van der Waals surface area contributed by atoms with E-state index in [4.69, 9.17) is 9.47 Å². The quantitative estimate of drug-likeness (QED) is 0.336. The molecule has 0 spiro atoms. The third kappa shape index (κ3) is 4.17. The number of nitrogens with zero attached hydrogens (tertiary/aromatic N) is 1. The van der Waals surface area contributed by atoms with Crippen LogP contribution in [0.15, 0.2) is 91.0 Å². The zero-order valence-corrected chi connectivity index (χ0v) is 19.4. The number of rotatable bonds is 7. The molecule has 1 heterocycles. The van der Waals surface area contributed by atoms with Gasteiger partial charge in [-0.05, 0) is 55.0 Å². The summed E-state index contributed by atoms with van der Waals surface area (Å²) in [6, 6.07) is 29.6. The van der Waals surface area contributed by atoms with Crippen molar-refractivity contribution in [2.45, 2.75) is 26.1 Å². The molecule has 1 amide bonds. The third-order valence-electron chi connectivity index (χ3n) is 6.08. The molecule has 5 heteroatoms. The van der Waals surface area contributed by atoms with Crippen LogP contribution in [0.5, 0.6) is 11.5 Å². The molecule has 4 aromatic rings. The van der Waals surface area contributed by atoms with Gasteiger partial charge in [-0.15, -0.1) is 0 Å². The maximum absolute atomic E-state index is 13.5. The normalized spacial score (nSPS) is 15.2. The Morgan fingerprint density at radius 1 is 0.824 bits per heavy atom. The number of hydrogen-bond donors (Lipinski definition) is 1. The molecule has 0 saturated heterocycles. The van der Waals surface area contributed by atoms with Crippen molar-refractivity contribution in [3.63, 3.8) is 0 Å². The van der Waals surface area contributed by atoms with Crippen molar-refractivity contribution in [2.75, 3.05) is 18.5 Å². The average molecular weight is 453 g/mol. The summed E-state index contributed by atoms with van der Waals surface area (Å²) < 4.78 is 12.1. The first-order valence-electron chi connectivity index (χ1n) is 11.6. The molecule has 1 aliphatic heterocycles. The van der Waals surface area contributed by atoms with Gasteiger partial charge in [0.1, 0.15) is 30.9 Å². The van der Waals surface area contributed by atoms with Gasteiger partial charge in [0, 0.05) is 17.3 Å². The van der Waals surface area contributed by atoms with Gasteiger partial charge >= 0.3 is 0 Å². The molecule has 34 heavy (non-hydrogen) atoms. The first kappa shape index (κ1) is 21.8. The molecule has 1 unspecified atom stereocenters. The number of fused-ring (bicyclic) bond motifs is 2. The standard InChI is InChI=1S/C29H28N2O3/c1-20(2)31-28(30-25-15-9-8-14-24(25)29(31)32)27-23-13-7-6-10-21(23)16-17-26(27)34-19-18-33-22-11-4-3-5-12-22/h3-17,20,28,30H,18-19H2,1-2H3. The van der Waals surface area contributed by atoms with Crippen molar-refractivity contribution in [2.24, 2.45) is 0 Å². The van der Waals surface area contributed by atoms with Crippen LogP contribution < -0.4 is 14.8 Å². The zero-order valence-electron chi connectivity index (χ0n) is 19.4. The zero-order chi connectivity index (χ0) is 23.5. The van der Waals surface area contributed by atoms with E-state index in [-0.39, 0.29) is 18.1 Å². The predicted molar refractivity (Wildman–Crippen MR) is 135 cm³/mol. The van der Waals surface area contributed by atoms with Gasteiger partial charge in [-0.3, -0.25) is 4.79 Å². The van der Waals surface area contributed by atoms with Gasteiger partial charge in [-0.1, -0.05) is 60.7 Å². The molecule has 0 aliphatic carbocycles. The van der Waals surface area contributed by atoms with Crippen molar-refractivity contribution >= 4 is 22.4 Å². The van der Waals surface area contributed by atoms with Gasteiger partial charge in [0.25, 0.3) is 5.91 Å².